The highest BCUT2D eigenvalue weighted by atomic mass is 19.4. The van der Waals surface area contributed by atoms with E-state index in [4.69, 9.17) is 15.2 Å². The number of fused-ring (bicyclic) bond motifs is 1. The van der Waals surface area contributed by atoms with Crippen molar-refractivity contribution >= 4 is 22.7 Å². The van der Waals surface area contributed by atoms with E-state index in [0.29, 0.717) is 6.07 Å². The van der Waals surface area contributed by atoms with Gasteiger partial charge in [0.25, 0.3) is 0 Å². The summed E-state index contributed by atoms with van der Waals surface area (Å²) >= 11 is 0. The zero-order valence-corrected chi connectivity index (χ0v) is 17.3. The monoisotopic (exact) mass is 476 g/mol. The van der Waals surface area contributed by atoms with E-state index in [9.17, 15) is 26.3 Å². The maximum absolute atomic E-state index is 13.5. The molecule has 0 unspecified atom stereocenters. The molecule has 2 heterocycles. The Kier molecular flexibility index (Phi) is 6.76. The molecule has 178 valence electrons. The molecule has 0 bridgehead atoms. The number of anilines is 2. The van der Waals surface area contributed by atoms with Crippen LogP contribution < -0.4 is 15.8 Å². The van der Waals surface area contributed by atoms with Crippen LogP contribution in [0.25, 0.3) is 10.9 Å². The summed E-state index contributed by atoms with van der Waals surface area (Å²) in [5, 5.41) is 2.94. The van der Waals surface area contributed by atoms with Gasteiger partial charge in [0, 0.05) is 12.5 Å². The first kappa shape index (κ1) is 24.2. The van der Waals surface area contributed by atoms with Crippen molar-refractivity contribution in [1.29, 1.82) is 0 Å². The summed E-state index contributed by atoms with van der Waals surface area (Å²) in [5.74, 6) is -0.819. The molecule has 0 fully saturated rings. The van der Waals surface area contributed by atoms with Gasteiger partial charge in [-0.25, -0.2) is 19.9 Å². The minimum atomic E-state index is -4.73. The summed E-state index contributed by atoms with van der Waals surface area (Å²) in [7, 11) is 1.37. The van der Waals surface area contributed by atoms with Gasteiger partial charge < -0.3 is 20.5 Å². The van der Waals surface area contributed by atoms with E-state index in [1.807, 2.05) is 0 Å². The number of hydrogen-bond donors (Lipinski definition) is 2. The SMILES string of the molecule is COCCOc1cc2c(NCc3cc(C(F)(F)F)nc(N)n3)nc(C)nc2cc1C(F)(F)F. The van der Waals surface area contributed by atoms with E-state index < -0.39 is 35.3 Å². The molecule has 0 atom stereocenters. The number of benzene rings is 1. The first-order valence-electron chi connectivity index (χ1n) is 9.34. The first-order valence-corrected chi connectivity index (χ1v) is 9.34. The smallest absolute Gasteiger partial charge is 0.433 e. The van der Waals surface area contributed by atoms with Crippen LogP contribution in [-0.2, 0) is 23.6 Å². The molecule has 0 saturated carbocycles. The topological polar surface area (TPSA) is 108 Å². The van der Waals surface area contributed by atoms with Gasteiger partial charge in [0.05, 0.1) is 29.9 Å². The lowest BCUT2D eigenvalue weighted by atomic mass is 10.1. The second kappa shape index (κ2) is 9.21. The minimum absolute atomic E-state index is 0.0328. The van der Waals surface area contributed by atoms with E-state index in [1.54, 1.807) is 0 Å². The molecule has 0 aliphatic carbocycles. The summed E-state index contributed by atoms with van der Waals surface area (Å²) in [4.78, 5) is 15.1. The third-order valence-electron chi connectivity index (χ3n) is 4.28. The van der Waals surface area contributed by atoms with Gasteiger partial charge in [-0.3, -0.25) is 0 Å². The average molecular weight is 476 g/mol. The predicted molar refractivity (Wildman–Crippen MR) is 105 cm³/mol. The van der Waals surface area contributed by atoms with Crippen LogP contribution in [-0.4, -0.2) is 40.3 Å². The van der Waals surface area contributed by atoms with Crippen molar-refractivity contribution in [3.05, 3.63) is 41.0 Å². The molecule has 2 aromatic heterocycles. The Morgan fingerprint density at radius 3 is 2.30 bits per heavy atom. The van der Waals surface area contributed by atoms with Crippen molar-refractivity contribution in [1.82, 2.24) is 19.9 Å². The Bertz CT molecular complexity index is 1150. The minimum Gasteiger partial charge on any atom is -0.491 e. The average Bonchev–Trinajstić information content (AvgIpc) is 2.70. The van der Waals surface area contributed by atoms with E-state index in [0.717, 1.165) is 12.1 Å². The fourth-order valence-electron chi connectivity index (χ4n) is 2.91. The van der Waals surface area contributed by atoms with E-state index in [-0.39, 0.29) is 48.0 Å². The van der Waals surface area contributed by atoms with Gasteiger partial charge in [-0.05, 0) is 25.1 Å². The Morgan fingerprint density at radius 1 is 0.939 bits per heavy atom. The van der Waals surface area contributed by atoms with Gasteiger partial charge in [0.2, 0.25) is 5.95 Å². The zero-order valence-electron chi connectivity index (χ0n) is 17.3. The number of halogens is 6. The van der Waals surface area contributed by atoms with Crippen LogP contribution in [0.15, 0.2) is 18.2 Å². The van der Waals surface area contributed by atoms with Crippen molar-refractivity contribution in [2.45, 2.75) is 25.8 Å². The highest BCUT2D eigenvalue weighted by Gasteiger charge is 2.36. The number of alkyl halides is 6. The number of aromatic nitrogens is 4. The van der Waals surface area contributed by atoms with Crippen LogP contribution in [0.3, 0.4) is 0 Å². The number of nitrogens with two attached hydrogens (primary N) is 1. The first-order chi connectivity index (χ1) is 15.4. The van der Waals surface area contributed by atoms with Gasteiger partial charge in [0.1, 0.15) is 29.7 Å². The number of rotatable bonds is 7. The lowest BCUT2D eigenvalue weighted by molar-refractivity contribution is -0.141. The fraction of sp³-hybridized carbons (Fsp3) is 0.368. The summed E-state index contributed by atoms with van der Waals surface area (Å²) in [6, 6.07) is 2.65. The third kappa shape index (κ3) is 5.88. The molecule has 0 saturated heterocycles. The van der Waals surface area contributed by atoms with E-state index in [1.165, 1.54) is 14.0 Å². The molecule has 14 heteroatoms. The molecule has 1 aromatic carbocycles. The predicted octanol–water partition coefficient (Wildman–Crippen LogP) is 3.99. The van der Waals surface area contributed by atoms with Crippen LogP contribution >= 0.6 is 0 Å². The lowest BCUT2D eigenvalue weighted by Crippen LogP contribution is -2.14. The Labute approximate surface area is 183 Å². The fourth-order valence-corrected chi connectivity index (χ4v) is 2.91. The number of nitrogens with zero attached hydrogens (tertiary/aromatic N) is 4. The molecule has 3 rings (SSSR count). The summed E-state index contributed by atoms with van der Waals surface area (Å²) in [6.07, 6.45) is -9.44. The largest absolute Gasteiger partial charge is 0.491 e. The number of hydrogen-bond acceptors (Lipinski definition) is 8. The van der Waals surface area contributed by atoms with Crippen molar-refractivity contribution in [2.75, 3.05) is 31.4 Å². The molecule has 0 spiro atoms. The second-order valence-corrected chi connectivity index (χ2v) is 6.78. The second-order valence-electron chi connectivity index (χ2n) is 6.78. The summed E-state index contributed by atoms with van der Waals surface area (Å²) < 4.78 is 89.6. The Hall–Kier alpha value is -3.42. The number of ether oxygens (including phenoxy) is 2. The molecule has 0 aliphatic heterocycles. The number of nitrogens with one attached hydrogen (secondary N) is 1. The lowest BCUT2D eigenvalue weighted by Gasteiger charge is -2.17. The van der Waals surface area contributed by atoms with Crippen LogP contribution in [0.2, 0.25) is 0 Å². The van der Waals surface area contributed by atoms with Crippen LogP contribution in [0.1, 0.15) is 22.8 Å². The van der Waals surface area contributed by atoms with Gasteiger partial charge >= 0.3 is 12.4 Å². The van der Waals surface area contributed by atoms with Crippen LogP contribution in [0, 0.1) is 6.92 Å². The van der Waals surface area contributed by atoms with E-state index >= 15 is 0 Å². The number of methoxy groups -OCH3 is 1. The molecule has 0 radical (unpaired) electrons. The number of nitrogen functional groups attached to an aromatic ring is 1. The van der Waals surface area contributed by atoms with Crippen molar-refractivity contribution < 1.29 is 35.8 Å². The summed E-state index contributed by atoms with van der Waals surface area (Å²) in [6.45, 7) is 1.12. The summed E-state index contributed by atoms with van der Waals surface area (Å²) in [5.41, 5.74) is 2.98. The van der Waals surface area contributed by atoms with Crippen LogP contribution in [0.5, 0.6) is 5.75 Å². The maximum Gasteiger partial charge on any atom is 0.433 e. The molecule has 3 aromatic rings. The molecule has 8 nitrogen and oxygen atoms in total. The van der Waals surface area contributed by atoms with Gasteiger partial charge in [-0.1, -0.05) is 0 Å². The van der Waals surface area contributed by atoms with E-state index in [2.05, 4.69) is 25.3 Å². The van der Waals surface area contributed by atoms with Crippen LogP contribution in [0.4, 0.5) is 38.1 Å². The van der Waals surface area contributed by atoms with Crippen molar-refractivity contribution in [3.63, 3.8) is 0 Å². The molecular formula is C19H18F6N6O2. The Morgan fingerprint density at radius 2 is 1.67 bits per heavy atom. The van der Waals surface area contributed by atoms with Gasteiger partial charge in [0.15, 0.2) is 0 Å². The standard InChI is InChI=1S/C19H18F6N6O2/c1-9-28-13-7-12(18(20,21)22)14(33-4-3-32-2)6-11(13)16(29-9)27-8-10-5-15(19(23,24)25)31-17(26)30-10/h5-7H,3-4,8H2,1-2H3,(H2,26,30,31)(H,27,28,29). The maximum atomic E-state index is 13.5. The molecular weight excluding hydrogens is 458 g/mol. The molecule has 3 N–H and O–H groups in total. The zero-order chi connectivity index (χ0) is 24.4. The number of aryl methyl sites for hydroxylation is 1. The molecule has 33 heavy (non-hydrogen) atoms. The quantitative estimate of drug-likeness (QED) is 0.390. The Balaban J connectivity index is 2.01. The highest BCUT2D eigenvalue weighted by molar-refractivity contribution is 5.91. The molecule has 0 amide bonds. The van der Waals surface area contributed by atoms with Crippen molar-refractivity contribution in [2.24, 2.45) is 0 Å². The van der Waals surface area contributed by atoms with Gasteiger partial charge in [-0.2, -0.15) is 26.3 Å². The highest BCUT2D eigenvalue weighted by Crippen LogP contribution is 2.39. The normalized spacial score (nSPS) is 12.2. The molecule has 0 aliphatic rings. The van der Waals surface area contributed by atoms with Crippen molar-refractivity contribution in [3.8, 4) is 5.75 Å². The third-order valence-corrected chi connectivity index (χ3v) is 4.28. The van der Waals surface area contributed by atoms with Gasteiger partial charge in [-0.15, -0.1) is 0 Å².